The van der Waals surface area contributed by atoms with E-state index in [1.54, 1.807) is 13.1 Å². The maximum atomic E-state index is 11.8. The summed E-state index contributed by atoms with van der Waals surface area (Å²) in [6.07, 6.45) is 2.98. The Kier molecular flexibility index (Phi) is 2.85. The number of ketones is 1. The number of nitrogens with one attached hydrogen (secondary N) is 1. The van der Waals surface area contributed by atoms with Crippen LogP contribution in [0.3, 0.4) is 0 Å². The van der Waals surface area contributed by atoms with E-state index in [1.165, 1.54) is 6.20 Å². The molecule has 0 atom stereocenters. The summed E-state index contributed by atoms with van der Waals surface area (Å²) in [7, 11) is 1.16. The molecule has 0 saturated carbocycles. The van der Waals surface area contributed by atoms with Gasteiger partial charge < -0.3 is 9.72 Å². The molecular formula is C11H9ClN2O3. The molecule has 0 aliphatic carbocycles. The fourth-order valence-electron chi connectivity index (χ4n) is 1.66. The van der Waals surface area contributed by atoms with Crippen LogP contribution in [0.5, 0.6) is 0 Å². The number of methoxy groups -OCH3 is 1. The van der Waals surface area contributed by atoms with Crippen LogP contribution in [0.4, 0.5) is 0 Å². The van der Waals surface area contributed by atoms with Gasteiger partial charge in [-0.1, -0.05) is 11.6 Å². The molecule has 0 aliphatic heterocycles. The highest BCUT2D eigenvalue weighted by Gasteiger charge is 2.22. The standard InChI is InChI=1S/C11H9ClN2O3/c1-5-3-14-10(12)8-7(5)6(4-13-8)9(15)11(16)17-2/h3-4,13H,1-2H3. The highest BCUT2D eigenvalue weighted by molar-refractivity contribution is 6.44. The minimum absolute atomic E-state index is 0.244. The third kappa shape index (κ3) is 1.78. The quantitative estimate of drug-likeness (QED) is 0.383. The molecule has 0 spiro atoms. The van der Waals surface area contributed by atoms with E-state index in [2.05, 4.69) is 14.7 Å². The molecule has 17 heavy (non-hydrogen) atoms. The summed E-state index contributed by atoms with van der Waals surface area (Å²) < 4.78 is 4.40. The lowest BCUT2D eigenvalue weighted by atomic mass is 10.1. The summed E-state index contributed by atoms with van der Waals surface area (Å²) in [5.74, 6) is -1.61. The number of rotatable bonds is 2. The van der Waals surface area contributed by atoms with Gasteiger partial charge in [0.15, 0.2) is 5.15 Å². The van der Waals surface area contributed by atoms with Crippen LogP contribution in [0.1, 0.15) is 15.9 Å². The van der Waals surface area contributed by atoms with E-state index in [-0.39, 0.29) is 10.7 Å². The second-order valence-corrected chi connectivity index (χ2v) is 3.86. The number of Topliss-reactive ketones (excluding diaryl/α,β-unsaturated/α-hetero) is 1. The first kappa shape index (κ1) is 11.6. The number of pyridine rings is 1. The van der Waals surface area contributed by atoms with Crippen molar-refractivity contribution in [3.63, 3.8) is 0 Å². The predicted molar refractivity (Wildman–Crippen MR) is 62.2 cm³/mol. The molecule has 0 fully saturated rings. The number of aromatic nitrogens is 2. The monoisotopic (exact) mass is 252 g/mol. The average Bonchev–Trinajstić information content (AvgIpc) is 2.77. The molecule has 6 heteroatoms. The van der Waals surface area contributed by atoms with Gasteiger partial charge in [-0.3, -0.25) is 4.79 Å². The number of carbonyl (C=O) groups is 2. The van der Waals surface area contributed by atoms with Gasteiger partial charge in [0.25, 0.3) is 5.78 Å². The van der Waals surface area contributed by atoms with Crippen molar-refractivity contribution >= 4 is 34.3 Å². The Bertz CT molecular complexity index is 618. The molecule has 0 aromatic carbocycles. The molecule has 0 bridgehead atoms. The van der Waals surface area contributed by atoms with Crippen LogP contribution in [0.25, 0.3) is 10.9 Å². The highest BCUT2D eigenvalue weighted by atomic mass is 35.5. The van der Waals surface area contributed by atoms with Gasteiger partial charge in [0.05, 0.1) is 18.2 Å². The fraction of sp³-hybridized carbons (Fsp3) is 0.182. The summed E-state index contributed by atoms with van der Waals surface area (Å²) in [5.41, 5.74) is 1.55. The Balaban J connectivity index is 2.68. The molecule has 1 N–H and O–H groups in total. The van der Waals surface area contributed by atoms with Gasteiger partial charge in [0.2, 0.25) is 0 Å². The molecule has 0 aliphatic rings. The maximum absolute atomic E-state index is 11.8. The van der Waals surface area contributed by atoms with Crippen LogP contribution in [0.15, 0.2) is 12.4 Å². The van der Waals surface area contributed by atoms with Crippen molar-refractivity contribution in [2.24, 2.45) is 0 Å². The number of hydrogen-bond donors (Lipinski definition) is 1. The molecule has 0 amide bonds. The lowest BCUT2D eigenvalue weighted by Gasteiger charge is -2.00. The van der Waals surface area contributed by atoms with E-state index >= 15 is 0 Å². The maximum Gasteiger partial charge on any atom is 0.379 e. The van der Waals surface area contributed by atoms with E-state index in [4.69, 9.17) is 11.6 Å². The van der Waals surface area contributed by atoms with Crippen molar-refractivity contribution in [1.82, 2.24) is 9.97 Å². The smallest absolute Gasteiger partial charge is 0.379 e. The Morgan fingerprint density at radius 3 is 2.82 bits per heavy atom. The Labute approximate surface area is 102 Å². The predicted octanol–water partition coefficient (Wildman–Crippen LogP) is 1.88. The van der Waals surface area contributed by atoms with Gasteiger partial charge in [0.1, 0.15) is 0 Å². The summed E-state index contributed by atoms with van der Waals surface area (Å²) in [4.78, 5) is 29.8. The van der Waals surface area contributed by atoms with Crippen molar-refractivity contribution < 1.29 is 14.3 Å². The van der Waals surface area contributed by atoms with Crippen LogP contribution >= 0.6 is 11.6 Å². The van der Waals surface area contributed by atoms with Gasteiger partial charge in [-0.2, -0.15) is 0 Å². The third-order valence-corrected chi connectivity index (χ3v) is 2.75. The average molecular weight is 253 g/mol. The molecule has 88 valence electrons. The number of carbonyl (C=O) groups excluding carboxylic acids is 2. The number of esters is 1. The molecule has 2 aromatic heterocycles. The second-order valence-electron chi connectivity index (χ2n) is 3.51. The summed E-state index contributed by atoms with van der Waals surface area (Å²) in [5, 5.41) is 0.856. The molecule has 2 aromatic rings. The summed E-state index contributed by atoms with van der Waals surface area (Å²) in [6.45, 7) is 1.79. The number of aryl methyl sites for hydroxylation is 1. The molecule has 0 unspecified atom stereocenters. The van der Waals surface area contributed by atoms with Gasteiger partial charge in [-0.25, -0.2) is 9.78 Å². The van der Waals surface area contributed by atoms with E-state index in [9.17, 15) is 9.59 Å². The SMILES string of the molecule is COC(=O)C(=O)c1c[nH]c2c(Cl)ncc(C)c12. The lowest BCUT2D eigenvalue weighted by Crippen LogP contribution is -2.15. The van der Waals surface area contributed by atoms with Crippen molar-refractivity contribution in [3.8, 4) is 0 Å². The van der Waals surface area contributed by atoms with Crippen LogP contribution in [0.2, 0.25) is 5.15 Å². The first-order valence-electron chi connectivity index (χ1n) is 4.81. The van der Waals surface area contributed by atoms with E-state index in [0.29, 0.717) is 10.9 Å². The van der Waals surface area contributed by atoms with Crippen LogP contribution in [-0.4, -0.2) is 28.8 Å². The minimum Gasteiger partial charge on any atom is -0.463 e. The molecule has 5 nitrogen and oxygen atoms in total. The number of nitrogens with zero attached hydrogens (tertiary/aromatic N) is 1. The van der Waals surface area contributed by atoms with E-state index < -0.39 is 11.8 Å². The number of halogens is 1. The van der Waals surface area contributed by atoms with Crippen molar-refractivity contribution in [1.29, 1.82) is 0 Å². The van der Waals surface area contributed by atoms with Crippen molar-refractivity contribution in [3.05, 3.63) is 28.7 Å². The van der Waals surface area contributed by atoms with Crippen LogP contribution in [-0.2, 0) is 9.53 Å². The van der Waals surface area contributed by atoms with E-state index in [1.807, 2.05) is 0 Å². The van der Waals surface area contributed by atoms with Gasteiger partial charge in [-0.05, 0) is 12.5 Å². The van der Waals surface area contributed by atoms with E-state index in [0.717, 1.165) is 12.7 Å². The van der Waals surface area contributed by atoms with Gasteiger partial charge in [0, 0.05) is 17.8 Å². The molecule has 2 rings (SSSR count). The Morgan fingerprint density at radius 2 is 2.18 bits per heavy atom. The summed E-state index contributed by atoms with van der Waals surface area (Å²) in [6, 6.07) is 0. The molecule has 0 radical (unpaired) electrons. The molecule has 2 heterocycles. The zero-order valence-electron chi connectivity index (χ0n) is 9.20. The number of ether oxygens (including phenoxy) is 1. The Morgan fingerprint density at radius 1 is 1.47 bits per heavy atom. The first-order valence-corrected chi connectivity index (χ1v) is 5.19. The van der Waals surface area contributed by atoms with Gasteiger partial charge >= 0.3 is 5.97 Å². The molecular weight excluding hydrogens is 244 g/mol. The third-order valence-electron chi connectivity index (χ3n) is 2.47. The van der Waals surface area contributed by atoms with Crippen LogP contribution in [0, 0.1) is 6.92 Å². The van der Waals surface area contributed by atoms with Crippen molar-refractivity contribution in [2.45, 2.75) is 6.92 Å². The fourth-order valence-corrected chi connectivity index (χ4v) is 1.86. The lowest BCUT2D eigenvalue weighted by molar-refractivity contribution is -0.135. The van der Waals surface area contributed by atoms with Gasteiger partial charge in [-0.15, -0.1) is 0 Å². The number of hydrogen-bond acceptors (Lipinski definition) is 4. The highest BCUT2D eigenvalue weighted by Crippen LogP contribution is 2.26. The minimum atomic E-state index is -0.904. The first-order chi connectivity index (χ1) is 8.06. The molecule has 0 saturated heterocycles. The zero-order chi connectivity index (χ0) is 12.6. The van der Waals surface area contributed by atoms with Crippen LogP contribution < -0.4 is 0 Å². The summed E-state index contributed by atoms with van der Waals surface area (Å²) >= 11 is 5.89. The topological polar surface area (TPSA) is 72.1 Å². The van der Waals surface area contributed by atoms with Crippen molar-refractivity contribution in [2.75, 3.05) is 7.11 Å². The number of H-pyrrole nitrogens is 1. The second kappa shape index (κ2) is 4.18. The normalized spacial score (nSPS) is 10.5. The Hall–Kier alpha value is -1.88. The number of fused-ring (bicyclic) bond motifs is 1. The zero-order valence-corrected chi connectivity index (χ0v) is 9.96. The number of aromatic amines is 1. The largest absolute Gasteiger partial charge is 0.463 e.